The molecule has 0 bridgehead atoms. The fraction of sp³-hybridized carbons (Fsp3) is 0.0417. The number of furan rings is 1. The van der Waals surface area contributed by atoms with Crippen molar-refractivity contribution in [1.82, 2.24) is 0 Å². The van der Waals surface area contributed by atoms with Crippen LogP contribution in [0, 0.1) is 0 Å². The lowest BCUT2D eigenvalue weighted by Crippen LogP contribution is -1.97. The zero-order valence-electron chi connectivity index (χ0n) is 14.8. The zero-order valence-corrected chi connectivity index (χ0v) is 14.8. The van der Waals surface area contributed by atoms with Crippen LogP contribution in [0.25, 0.3) is 22.3 Å². The molecule has 0 amide bonds. The molecule has 0 spiro atoms. The number of allylic oxidation sites excluding steroid dienone is 1. The summed E-state index contributed by atoms with van der Waals surface area (Å²) in [5.41, 5.74) is 11.3. The predicted octanol–water partition coefficient (Wildman–Crippen LogP) is 5.64. The Morgan fingerprint density at radius 3 is 2.52 bits per heavy atom. The van der Waals surface area contributed by atoms with Crippen molar-refractivity contribution >= 4 is 22.4 Å². The van der Waals surface area contributed by atoms with Crippen molar-refractivity contribution in [1.29, 1.82) is 0 Å². The van der Waals surface area contributed by atoms with Crippen LogP contribution in [0.2, 0.25) is 0 Å². The third kappa shape index (κ3) is 3.40. The van der Waals surface area contributed by atoms with Crippen molar-refractivity contribution in [3.63, 3.8) is 0 Å². The first-order valence-corrected chi connectivity index (χ1v) is 8.77. The summed E-state index contributed by atoms with van der Waals surface area (Å²) < 4.78 is 5.98. The molecule has 0 fully saturated rings. The normalized spacial score (nSPS) is 10.8. The molecular weight excluding hydrogens is 334 g/mol. The van der Waals surface area contributed by atoms with E-state index in [4.69, 9.17) is 10.2 Å². The number of hydrogen-bond acceptors (Lipinski definition) is 3. The summed E-state index contributed by atoms with van der Waals surface area (Å²) in [6, 6.07) is 23.8. The van der Waals surface area contributed by atoms with Crippen LogP contribution >= 0.6 is 0 Å². The van der Waals surface area contributed by atoms with Gasteiger partial charge in [0, 0.05) is 22.2 Å². The SMILES string of the molecule is C=CC(=O)c1ccc(-c2cc3cc(Cc4ccccc4)ccc3o2)c(N)c1. The fourth-order valence-electron chi connectivity index (χ4n) is 3.23. The highest BCUT2D eigenvalue weighted by atomic mass is 16.3. The molecule has 132 valence electrons. The van der Waals surface area contributed by atoms with E-state index in [1.54, 1.807) is 12.1 Å². The van der Waals surface area contributed by atoms with Gasteiger partial charge in [-0.05, 0) is 54.0 Å². The molecule has 0 aliphatic heterocycles. The minimum Gasteiger partial charge on any atom is -0.456 e. The number of benzene rings is 3. The second-order valence-corrected chi connectivity index (χ2v) is 6.52. The van der Waals surface area contributed by atoms with Crippen LogP contribution in [0.4, 0.5) is 5.69 Å². The number of carbonyl (C=O) groups is 1. The van der Waals surface area contributed by atoms with E-state index in [-0.39, 0.29) is 5.78 Å². The number of hydrogen-bond donors (Lipinski definition) is 1. The van der Waals surface area contributed by atoms with Crippen LogP contribution in [0.15, 0.2) is 89.9 Å². The number of anilines is 1. The fourth-order valence-corrected chi connectivity index (χ4v) is 3.23. The summed E-state index contributed by atoms with van der Waals surface area (Å²) in [6.45, 7) is 3.51. The molecule has 3 heteroatoms. The standard InChI is InChI=1S/C24H19NO2/c1-2-22(26)18-9-10-20(21(25)14-18)24-15-19-13-17(8-11-23(19)27-24)12-16-6-4-3-5-7-16/h2-11,13-15H,1,12,25H2. The minimum absolute atomic E-state index is 0.150. The summed E-state index contributed by atoms with van der Waals surface area (Å²) in [5, 5.41) is 1.03. The first-order chi connectivity index (χ1) is 13.1. The maximum absolute atomic E-state index is 11.7. The van der Waals surface area contributed by atoms with Crippen LogP contribution in [0.1, 0.15) is 21.5 Å². The quantitative estimate of drug-likeness (QED) is 0.287. The van der Waals surface area contributed by atoms with Gasteiger partial charge in [-0.25, -0.2) is 0 Å². The van der Waals surface area contributed by atoms with Gasteiger partial charge in [0.1, 0.15) is 11.3 Å². The highest BCUT2D eigenvalue weighted by molar-refractivity contribution is 6.05. The zero-order chi connectivity index (χ0) is 18.8. The highest BCUT2D eigenvalue weighted by Crippen LogP contribution is 2.33. The predicted molar refractivity (Wildman–Crippen MR) is 110 cm³/mol. The smallest absolute Gasteiger partial charge is 0.185 e. The van der Waals surface area contributed by atoms with Gasteiger partial charge >= 0.3 is 0 Å². The molecule has 0 aliphatic carbocycles. The second-order valence-electron chi connectivity index (χ2n) is 6.52. The molecule has 1 aromatic heterocycles. The lowest BCUT2D eigenvalue weighted by Gasteiger charge is -2.04. The third-order valence-electron chi connectivity index (χ3n) is 4.62. The van der Waals surface area contributed by atoms with Crippen molar-refractivity contribution < 1.29 is 9.21 Å². The molecule has 3 aromatic carbocycles. The number of fused-ring (bicyclic) bond motifs is 1. The number of ketones is 1. The van der Waals surface area contributed by atoms with Gasteiger partial charge in [0.25, 0.3) is 0 Å². The Labute approximate surface area is 157 Å². The lowest BCUT2D eigenvalue weighted by atomic mass is 10.0. The van der Waals surface area contributed by atoms with E-state index in [2.05, 4.69) is 30.8 Å². The van der Waals surface area contributed by atoms with Crippen LogP contribution in [-0.2, 0) is 6.42 Å². The average Bonchev–Trinajstić information content (AvgIpc) is 3.11. The van der Waals surface area contributed by atoms with E-state index in [0.29, 0.717) is 17.0 Å². The highest BCUT2D eigenvalue weighted by Gasteiger charge is 2.12. The average molecular weight is 353 g/mol. The molecule has 0 unspecified atom stereocenters. The molecule has 2 N–H and O–H groups in total. The maximum atomic E-state index is 11.7. The van der Waals surface area contributed by atoms with E-state index in [9.17, 15) is 4.79 Å². The number of nitrogens with two attached hydrogens (primary N) is 1. The van der Waals surface area contributed by atoms with Crippen molar-refractivity contribution in [3.05, 3.63) is 102 Å². The van der Waals surface area contributed by atoms with Gasteiger partial charge in [0.2, 0.25) is 0 Å². The molecule has 0 radical (unpaired) electrons. The Morgan fingerprint density at radius 1 is 0.963 bits per heavy atom. The summed E-state index contributed by atoms with van der Waals surface area (Å²) in [4.78, 5) is 11.7. The second kappa shape index (κ2) is 6.96. The Bertz CT molecular complexity index is 1140. The van der Waals surface area contributed by atoms with Gasteiger partial charge < -0.3 is 10.2 Å². The summed E-state index contributed by atoms with van der Waals surface area (Å²) in [7, 11) is 0. The van der Waals surface area contributed by atoms with Crippen molar-refractivity contribution in [2.24, 2.45) is 0 Å². The van der Waals surface area contributed by atoms with E-state index < -0.39 is 0 Å². The van der Waals surface area contributed by atoms with Crippen molar-refractivity contribution in [2.45, 2.75) is 6.42 Å². The molecular formula is C24H19NO2. The van der Waals surface area contributed by atoms with E-state index in [0.717, 1.165) is 23.0 Å². The van der Waals surface area contributed by atoms with Crippen LogP contribution in [0.5, 0.6) is 0 Å². The summed E-state index contributed by atoms with van der Waals surface area (Å²) in [5.74, 6) is 0.542. The molecule has 0 saturated heterocycles. The van der Waals surface area contributed by atoms with Gasteiger partial charge in [-0.15, -0.1) is 0 Å². The molecule has 27 heavy (non-hydrogen) atoms. The number of nitrogen functional groups attached to an aromatic ring is 1. The number of carbonyl (C=O) groups excluding carboxylic acids is 1. The lowest BCUT2D eigenvalue weighted by molar-refractivity contribution is 0.104. The third-order valence-corrected chi connectivity index (χ3v) is 4.62. The summed E-state index contributed by atoms with van der Waals surface area (Å²) in [6.07, 6.45) is 2.15. The van der Waals surface area contributed by atoms with Crippen LogP contribution in [0.3, 0.4) is 0 Å². The van der Waals surface area contributed by atoms with Crippen molar-refractivity contribution in [2.75, 3.05) is 5.73 Å². The Hall–Kier alpha value is -3.59. The van der Waals surface area contributed by atoms with Crippen LogP contribution in [-0.4, -0.2) is 5.78 Å². The topological polar surface area (TPSA) is 56.2 Å². The van der Waals surface area contributed by atoms with Gasteiger partial charge in [0.05, 0.1) is 0 Å². The van der Waals surface area contributed by atoms with E-state index in [1.165, 1.54) is 17.2 Å². The Morgan fingerprint density at radius 2 is 1.78 bits per heavy atom. The Kier molecular flexibility index (Phi) is 4.35. The van der Waals surface area contributed by atoms with E-state index >= 15 is 0 Å². The first kappa shape index (κ1) is 16.9. The van der Waals surface area contributed by atoms with Crippen LogP contribution < -0.4 is 5.73 Å². The van der Waals surface area contributed by atoms with Gasteiger partial charge in [-0.2, -0.15) is 0 Å². The first-order valence-electron chi connectivity index (χ1n) is 8.77. The molecule has 1 heterocycles. The molecule has 3 nitrogen and oxygen atoms in total. The number of rotatable bonds is 5. The maximum Gasteiger partial charge on any atom is 0.185 e. The van der Waals surface area contributed by atoms with Crippen molar-refractivity contribution in [3.8, 4) is 11.3 Å². The molecule has 4 rings (SSSR count). The largest absolute Gasteiger partial charge is 0.456 e. The van der Waals surface area contributed by atoms with Gasteiger partial charge in [-0.3, -0.25) is 4.79 Å². The van der Waals surface area contributed by atoms with Gasteiger partial charge in [0.15, 0.2) is 5.78 Å². The Balaban J connectivity index is 1.67. The monoisotopic (exact) mass is 353 g/mol. The minimum atomic E-state index is -0.150. The van der Waals surface area contributed by atoms with Gasteiger partial charge in [-0.1, -0.05) is 49.0 Å². The van der Waals surface area contributed by atoms with E-state index in [1.807, 2.05) is 36.4 Å². The summed E-state index contributed by atoms with van der Waals surface area (Å²) >= 11 is 0. The molecule has 4 aromatic rings. The molecule has 0 saturated carbocycles. The molecule has 0 aliphatic rings. The molecule has 0 atom stereocenters.